The predicted molar refractivity (Wildman–Crippen MR) is 82.5 cm³/mol. The van der Waals surface area contributed by atoms with Gasteiger partial charge in [-0.25, -0.2) is 13.2 Å². The number of esters is 1. The number of ether oxygens (including phenoxy) is 1. The number of Topliss-reactive ketones (excluding diaryl/α,β-unsaturated/α-hetero) is 1. The first-order valence-electron chi connectivity index (χ1n) is 8.24. The van der Waals surface area contributed by atoms with E-state index >= 15 is 0 Å². The summed E-state index contributed by atoms with van der Waals surface area (Å²) in [5.41, 5.74) is 0. The number of carbonyl (C=O) groups is 2. The summed E-state index contributed by atoms with van der Waals surface area (Å²) in [6.07, 6.45) is -7.39. The van der Waals surface area contributed by atoms with Crippen LogP contribution in [0.5, 0.6) is 0 Å². The molecular weight excluding hydrogens is 465 g/mol. The molecule has 0 aromatic rings. The zero-order valence-electron chi connectivity index (χ0n) is 15.5. The lowest BCUT2D eigenvalue weighted by molar-refractivity contribution is -0.382. The van der Waals surface area contributed by atoms with Crippen LogP contribution >= 0.6 is 0 Å². The third-order valence-corrected chi connectivity index (χ3v) is 5.17. The van der Waals surface area contributed by atoms with Crippen LogP contribution in [0.4, 0.5) is 39.5 Å². The molecule has 1 atom stereocenters. The number of unbranched alkanes of at least 4 members (excludes halogenated alkanes) is 2. The Morgan fingerprint density at radius 2 is 1.40 bits per heavy atom. The molecule has 16 heteroatoms. The minimum absolute atomic E-state index is 0.116. The van der Waals surface area contributed by atoms with Crippen LogP contribution in [-0.4, -0.2) is 56.1 Å². The molecule has 0 saturated carbocycles. The highest BCUT2D eigenvalue weighted by atomic mass is 32.2. The van der Waals surface area contributed by atoms with E-state index in [9.17, 15) is 57.5 Å². The van der Waals surface area contributed by atoms with Crippen LogP contribution in [0, 0.1) is 0 Å². The van der Waals surface area contributed by atoms with Crippen molar-refractivity contribution in [2.24, 2.45) is 0 Å². The number of carbonyl (C=O) groups excluding carboxylic acids is 2. The highest BCUT2D eigenvalue weighted by Crippen LogP contribution is 2.54. The second-order valence-electron chi connectivity index (χ2n) is 5.92. The molecule has 0 heterocycles. The Balaban J connectivity index is 6.08. The first-order valence-corrected chi connectivity index (χ1v) is 9.73. The maximum Gasteiger partial charge on any atom is 0.460 e. The lowest BCUT2D eigenvalue weighted by Gasteiger charge is -2.33. The van der Waals surface area contributed by atoms with Crippen molar-refractivity contribution in [1.82, 2.24) is 4.72 Å². The van der Waals surface area contributed by atoms with Gasteiger partial charge in [0.15, 0.2) is 0 Å². The molecule has 178 valence electrons. The molecule has 0 fully saturated rings. The van der Waals surface area contributed by atoms with E-state index < -0.39 is 64.1 Å². The Bertz CT molecular complexity index is 722. The summed E-state index contributed by atoms with van der Waals surface area (Å²) in [7, 11) is -7.03. The monoisotopic (exact) mass is 483 g/mol. The SMILES string of the molecule is CCCCCC(NS(=O)(=O)C(F)(F)C(F)(F)C(F)(F)C(F)(F)F)C(=O)C(=O)OCC. The van der Waals surface area contributed by atoms with Crippen LogP contribution in [-0.2, 0) is 24.3 Å². The summed E-state index contributed by atoms with van der Waals surface area (Å²) < 4.78 is 145. The standard InChI is InChI=1S/C14H18F9NO5S/c1-3-5-6-7-8(9(25)10(26)29-4-2)24-30(27,28)14(22,23)12(17,18)11(15,16)13(19,20)21/h8,24H,3-7H2,1-2H3. The number of sulfonamides is 1. The molecule has 0 aliphatic rings. The fourth-order valence-corrected chi connectivity index (χ4v) is 3.19. The summed E-state index contributed by atoms with van der Waals surface area (Å²) in [5, 5.41) is -7.02. The molecule has 0 aromatic heterocycles. The topological polar surface area (TPSA) is 89.5 Å². The van der Waals surface area contributed by atoms with Crippen molar-refractivity contribution in [3.63, 3.8) is 0 Å². The van der Waals surface area contributed by atoms with Gasteiger partial charge in [0.25, 0.3) is 15.8 Å². The average Bonchev–Trinajstić information content (AvgIpc) is 2.58. The number of halogens is 9. The van der Waals surface area contributed by atoms with Crippen LogP contribution in [0.2, 0.25) is 0 Å². The molecule has 0 spiro atoms. The van der Waals surface area contributed by atoms with Crippen molar-refractivity contribution >= 4 is 21.8 Å². The number of hydrogen-bond donors (Lipinski definition) is 1. The number of rotatable bonds is 12. The van der Waals surface area contributed by atoms with Crippen molar-refractivity contribution in [2.45, 2.75) is 68.8 Å². The van der Waals surface area contributed by atoms with E-state index in [-0.39, 0.29) is 12.8 Å². The molecule has 30 heavy (non-hydrogen) atoms. The second-order valence-corrected chi connectivity index (χ2v) is 7.67. The van der Waals surface area contributed by atoms with E-state index in [1.165, 1.54) is 6.92 Å². The summed E-state index contributed by atoms with van der Waals surface area (Å²) in [6.45, 7) is 2.39. The van der Waals surface area contributed by atoms with Crippen LogP contribution in [0.15, 0.2) is 0 Å². The van der Waals surface area contributed by atoms with Gasteiger partial charge in [0.1, 0.15) is 0 Å². The smallest absolute Gasteiger partial charge is 0.460 e. The van der Waals surface area contributed by atoms with E-state index in [0.29, 0.717) is 11.1 Å². The Kier molecular flexibility index (Phi) is 9.19. The summed E-state index contributed by atoms with van der Waals surface area (Å²) >= 11 is 0. The molecule has 0 rings (SSSR count). The lowest BCUT2D eigenvalue weighted by Crippen LogP contribution is -2.66. The van der Waals surface area contributed by atoms with Gasteiger partial charge in [0.2, 0.25) is 0 Å². The minimum atomic E-state index is -7.45. The zero-order chi connectivity index (χ0) is 24.2. The summed E-state index contributed by atoms with van der Waals surface area (Å²) in [6, 6.07) is -2.46. The second kappa shape index (κ2) is 9.70. The average molecular weight is 483 g/mol. The molecule has 0 aliphatic heterocycles. The molecule has 0 radical (unpaired) electrons. The Labute approximate surface area is 165 Å². The van der Waals surface area contributed by atoms with Gasteiger partial charge in [-0.05, 0) is 13.3 Å². The van der Waals surface area contributed by atoms with Crippen LogP contribution in [0.3, 0.4) is 0 Å². The van der Waals surface area contributed by atoms with Crippen LogP contribution in [0.25, 0.3) is 0 Å². The normalized spacial score (nSPS) is 15.0. The molecule has 0 saturated heterocycles. The largest absolute Gasteiger partial charge is 0.460 e. The third-order valence-electron chi connectivity index (χ3n) is 3.64. The highest BCUT2D eigenvalue weighted by molar-refractivity contribution is 7.90. The van der Waals surface area contributed by atoms with Crippen molar-refractivity contribution < 1.29 is 62.3 Å². The highest BCUT2D eigenvalue weighted by Gasteiger charge is 2.85. The van der Waals surface area contributed by atoms with E-state index in [4.69, 9.17) is 0 Å². The third kappa shape index (κ3) is 5.56. The Hall–Kier alpha value is -1.58. The van der Waals surface area contributed by atoms with E-state index in [1.807, 2.05) is 0 Å². The number of nitrogens with one attached hydrogen (secondary N) is 1. The Morgan fingerprint density at radius 3 is 1.80 bits per heavy atom. The van der Waals surface area contributed by atoms with Crippen LogP contribution < -0.4 is 4.72 Å². The van der Waals surface area contributed by atoms with Crippen molar-refractivity contribution in [2.75, 3.05) is 6.61 Å². The number of hydrogen-bond acceptors (Lipinski definition) is 5. The van der Waals surface area contributed by atoms with Gasteiger partial charge in [0, 0.05) is 0 Å². The fourth-order valence-electron chi connectivity index (χ4n) is 1.98. The van der Waals surface area contributed by atoms with Gasteiger partial charge >= 0.3 is 29.2 Å². The van der Waals surface area contributed by atoms with Gasteiger partial charge in [-0.15, -0.1) is 0 Å². The first-order chi connectivity index (χ1) is 13.3. The van der Waals surface area contributed by atoms with E-state index in [1.54, 1.807) is 6.92 Å². The molecular formula is C14H18F9NO5S. The molecule has 0 aromatic carbocycles. The zero-order valence-corrected chi connectivity index (χ0v) is 16.3. The Morgan fingerprint density at radius 1 is 0.900 bits per heavy atom. The van der Waals surface area contributed by atoms with Crippen molar-refractivity contribution in [3.05, 3.63) is 0 Å². The van der Waals surface area contributed by atoms with E-state index in [0.717, 1.165) is 0 Å². The first kappa shape index (κ1) is 28.4. The summed E-state index contributed by atoms with van der Waals surface area (Å²) in [4.78, 5) is 23.3. The molecule has 1 N–H and O–H groups in total. The quantitative estimate of drug-likeness (QED) is 0.199. The fraction of sp³-hybridized carbons (Fsp3) is 0.857. The van der Waals surface area contributed by atoms with Crippen molar-refractivity contribution in [1.29, 1.82) is 0 Å². The molecule has 6 nitrogen and oxygen atoms in total. The lowest BCUT2D eigenvalue weighted by atomic mass is 10.1. The number of alkyl halides is 9. The van der Waals surface area contributed by atoms with Gasteiger partial charge in [-0.3, -0.25) is 4.79 Å². The molecule has 0 aliphatic carbocycles. The summed E-state index contributed by atoms with van der Waals surface area (Å²) in [5.74, 6) is -18.5. The maximum absolute atomic E-state index is 13.8. The van der Waals surface area contributed by atoms with Crippen molar-refractivity contribution in [3.8, 4) is 0 Å². The van der Waals surface area contributed by atoms with Crippen LogP contribution in [0.1, 0.15) is 39.5 Å². The molecule has 1 unspecified atom stereocenters. The van der Waals surface area contributed by atoms with Gasteiger partial charge in [0.05, 0.1) is 12.6 Å². The number of ketones is 1. The van der Waals surface area contributed by atoms with Gasteiger partial charge in [-0.1, -0.05) is 26.2 Å². The minimum Gasteiger partial charge on any atom is -0.460 e. The predicted octanol–water partition coefficient (Wildman–Crippen LogP) is 3.41. The maximum atomic E-state index is 13.8. The van der Waals surface area contributed by atoms with Gasteiger partial charge in [-0.2, -0.15) is 44.2 Å². The molecule has 0 bridgehead atoms. The molecule has 0 amide bonds. The van der Waals surface area contributed by atoms with Gasteiger partial charge < -0.3 is 4.74 Å². The van der Waals surface area contributed by atoms with E-state index in [2.05, 4.69) is 4.74 Å².